The third kappa shape index (κ3) is 4.37. The number of amides is 2. The van der Waals surface area contributed by atoms with Gasteiger partial charge in [0.15, 0.2) is 0 Å². The molecule has 0 saturated heterocycles. The van der Waals surface area contributed by atoms with Gasteiger partial charge in [-0.25, -0.2) is 4.79 Å². The molecule has 120 valence electrons. The van der Waals surface area contributed by atoms with E-state index in [1.54, 1.807) is 11.3 Å². The van der Waals surface area contributed by atoms with Crippen molar-refractivity contribution >= 4 is 27.5 Å². The minimum absolute atomic E-state index is 0.183. The molecule has 4 heteroatoms. The topological polar surface area (TPSA) is 41.1 Å². The molecule has 0 aliphatic heterocycles. The number of hydrogen-bond acceptors (Lipinski definition) is 2. The average Bonchev–Trinajstić information content (AvgIpc) is 3.03. The summed E-state index contributed by atoms with van der Waals surface area (Å²) in [5.74, 6) is 5.95. The lowest BCUT2D eigenvalue weighted by atomic mass is 10.1. The van der Waals surface area contributed by atoms with E-state index >= 15 is 0 Å². The van der Waals surface area contributed by atoms with E-state index in [9.17, 15) is 4.79 Å². The quantitative estimate of drug-likeness (QED) is 0.700. The summed E-state index contributed by atoms with van der Waals surface area (Å²) < 4.78 is 1.29. The van der Waals surface area contributed by atoms with Crippen LogP contribution in [0.25, 0.3) is 10.1 Å². The molecule has 24 heavy (non-hydrogen) atoms. The molecule has 3 nitrogen and oxygen atoms in total. The normalized spacial score (nSPS) is 10.0. The number of urea groups is 1. The van der Waals surface area contributed by atoms with Crippen molar-refractivity contribution in [3.8, 4) is 11.8 Å². The van der Waals surface area contributed by atoms with Crippen LogP contribution in [0.5, 0.6) is 0 Å². The number of thiophene rings is 1. The van der Waals surface area contributed by atoms with Crippen LogP contribution >= 0.6 is 11.3 Å². The molecular weight excluding hydrogens is 316 g/mol. The minimum Gasteiger partial charge on any atom is -0.338 e. The third-order valence-corrected chi connectivity index (χ3v) is 4.60. The third-order valence-electron chi connectivity index (χ3n) is 3.58. The first-order chi connectivity index (χ1) is 11.8. The molecule has 2 amide bonds. The van der Waals surface area contributed by atoms with E-state index in [-0.39, 0.29) is 6.03 Å². The van der Waals surface area contributed by atoms with Gasteiger partial charge >= 0.3 is 6.03 Å². The summed E-state index contributed by atoms with van der Waals surface area (Å²) in [6, 6.07) is 17.9. The summed E-state index contributed by atoms with van der Waals surface area (Å²) in [6.45, 7) is 0.945. The summed E-state index contributed by atoms with van der Waals surface area (Å²) in [4.78, 5) is 11.8. The van der Waals surface area contributed by atoms with Crippen LogP contribution in [-0.2, 0) is 6.42 Å². The number of hydrogen-bond donors (Lipinski definition) is 2. The number of fused-ring (bicyclic) bond motifs is 1. The summed E-state index contributed by atoms with van der Waals surface area (Å²) in [6.07, 6.45) is 0.827. The molecular formula is C20H18N2OS. The van der Waals surface area contributed by atoms with E-state index in [1.165, 1.54) is 15.6 Å². The van der Waals surface area contributed by atoms with Crippen molar-refractivity contribution in [1.29, 1.82) is 0 Å². The van der Waals surface area contributed by atoms with Crippen molar-refractivity contribution in [1.82, 2.24) is 10.6 Å². The Morgan fingerprint density at radius 1 is 1.00 bits per heavy atom. The molecule has 0 saturated carbocycles. The standard InChI is InChI=1S/C20H18N2OS/c23-20(21-13-6-9-16-7-2-1-3-8-16)22-14-12-17-15-24-19-11-5-4-10-18(17)19/h1-5,7-8,10-11,15H,12-14H2,(H2,21,22,23). The maximum atomic E-state index is 11.8. The zero-order valence-electron chi connectivity index (χ0n) is 13.2. The van der Waals surface area contributed by atoms with Crippen molar-refractivity contribution in [2.75, 3.05) is 13.1 Å². The van der Waals surface area contributed by atoms with E-state index < -0.39 is 0 Å². The smallest absolute Gasteiger partial charge is 0.315 e. The molecule has 2 N–H and O–H groups in total. The highest BCUT2D eigenvalue weighted by Crippen LogP contribution is 2.25. The van der Waals surface area contributed by atoms with Crippen LogP contribution < -0.4 is 10.6 Å². The van der Waals surface area contributed by atoms with E-state index in [2.05, 4.69) is 40.0 Å². The van der Waals surface area contributed by atoms with Gasteiger partial charge in [-0.05, 0) is 40.9 Å². The molecule has 3 aromatic rings. The zero-order valence-corrected chi connectivity index (χ0v) is 14.0. The predicted molar refractivity (Wildman–Crippen MR) is 100 cm³/mol. The fraction of sp³-hybridized carbons (Fsp3) is 0.150. The lowest BCUT2D eigenvalue weighted by Crippen LogP contribution is -2.36. The second-order valence-electron chi connectivity index (χ2n) is 5.28. The van der Waals surface area contributed by atoms with Crippen molar-refractivity contribution < 1.29 is 4.79 Å². The summed E-state index contributed by atoms with van der Waals surface area (Å²) >= 11 is 1.74. The molecule has 3 rings (SSSR count). The van der Waals surface area contributed by atoms with Crippen LogP contribution in [-0.4, -0.2) is 19.1 Å². The van der Waals surface area contributed by atoms with Gasteiger partial charge in [-0.3, -0.25) is 0 Å². The fourth-order valence-corrected chi connectivity index (χ4v) is 3.39. The Balaban J connectivity index is 1.41. The van der Waals surface area contributed by atoms with E-state index in [4.69, 9.17) is 0 Å². The minimum atomic E-state index is -0.183. The van der Waals surface area contributed by atoms with Crippen molar-refractivity contribution in [3.63, 3.8) is 0 Å². The molecule has 2 aromatic carbocycles. The summed E-state index contributed by atoms with van der Waals surface area (Å²) in [7, 11) is 0. The van der Waals surface area contributed by atoms with Crippen LogP contribution in [0.4, 0.5) is 4.79 Å². The van der Waals surface area contributed by atoms with Gasteiger partial charge in [-0.15, -0.1) is 11.3 Å². The van der Waals surface area contributed by atoms with E-state index in [0.717, 1.165) is 12.0 Å². The van der Waals surface area contributed by atoms with Gasteiger partial charge < -0.3 is 10.6 Å². The van der Waals surface area contributed by atoms with Crippen LogP contribution in [0.3, 0.4) is 0 Å². The lowest BCUT2D eigenvalue weighted by molar-refractivity contribution is 0.242. The first-order valence-corrected chi connectivity index (χ1v) is 8.71. The Morgan fingerprint density at radius 2 is 1.79 bits per heavy atom. The predicted octanol–water partition coefficient (Wildman–Crippen LogP) is 3.79. The highest BCUT2D eigenvalue weighted by Gasteiger charge is 2.04. The van der Waals surface area contributed by atoms with Crippen LogP contribution in [0.15, 0.2) is 60.0 Å². The first kappa shape index (κ1) is 16.1. The Kier molecular flexibility index (Phi) is 5.49. The molecule has 1 aromatic heterocycles. The average molecular weight is 334 g/mol. The molecule has 0 spiro atoms. The van der Waals surface area contributed by atoms with Gasteiger partial charge in [-0.1, -0.05) is 48.2 Å². The number of rotatable bonds is 4. The second-order valence-corrected chi connectivity index (χ2v) is 6.20. The number of benzene rings is 2. The van der Waals surface area contributed by atoms with Gasteiger partial charge in [0.1, 0.15) is 0 Å². The molecule has 0 radical (unpaired) electrons. The van der Waals surface area contributed by atoms with Crippen molar-refractivity contribution in [2.45, 2.75) is 6.42 Å². The Bertz CT molecular complexity index is 875. The fourth-order valence-electron chi connectivity index (χ4n) is 2.39. The van der Waals surface area contributed by atoms with Crippen molar-refractivity contribution in [3.05, 3.63) is 71.1 Å². The number of carbonyl (C=O) groups is 1. The van der Waals surface area contributed by atoms with Crippen LogP contribution in [0, 0.1) is 11.8 Å². The Labute approximate surface area is 145 Å². The van der Waals surface area contributed by atoms with Gasteiger partial charge in [0.25, 0.3) is 0 Å². The van der Waals surface area contributed by atoms with E-state index in [0.29, 0.717) is 13.1 Å². The maximum absolute atomic E-state index is 11.8. The second kappa shape index (κ2) is 8.19. The highest BCUT2D eigenvalue weighted by atomic mass is 32.1. The Hall–Kier alpha value is -2.77. The molecule has 0 fully saturated rings. The number of nitrogens with one attached hydrogen (secondary N) is 2. The summed E-state index contributed by atoms with van der Waals surface area (Å²) in [5.41, 5.74) is 2.23. The van der Waals surface area contributed by atoms with Crippen molar-refractivity contribution in [2.24, 2.45) is 0 Å². The number of carbonyl (C=O) groups excluding carboxylic acids is 1. The zero-order chi connectivity index (χ0) is 16.6. The highest BCUT2D eigenvalue weighted by molar-refractivity contribution is 7.17. The van der Waals surface area contributed by atoms with Gasteiger partial charge in [0.05, 0.1) is 6.54 Å². The molecule has 0 bridgehead atoms. The Morgan fingerprint density at radius 3 is 2.67 bits per heavy atom. The van der Waals surface area contributed by atoms with Crippen LogP contribution in [0.2, 0.25) is 0 Å². The van der Waals surface area contributed by atoms with Gasteiger partial charge in [0, 0.05) is 16.8 Å². The largest absolute Gasteiger partial charge is 0.338 e. The SMILES string of the molecule is O=C(NCC#Cc1ccccc1)NCCc1csc2ccccc12. The monoisotopic (exact) mass is 334 g/mol. The molecule has 1 heterocycles. The van der Waals surface area contributed by atoms with Gasteiger partial charge in [-0.2, -0.15) is 0 Å². The summed E-state index contributed by atoms with van der Waals surface area (Å²) in [5, 5.41) is 9.06. The first-order valence-electron chi connectivity index (χ1n) is 7.83. The van der Waals surface area contributed by atoms with E-state index in [1.807, 2.05) is 42.5 Å². The molecule has 0 aliphatic rings. The molecule has 0 aliphatic carbocycles. The van der Waals surface area contributed by atoms with Gasteiger partial charge in [0.2, 0.25) is 0 Å². The molecule has 0 atom stereocenters. The maximum Gasteiger partial charge on any atom is 0.315 e. The van der Waals surface area contributed by atoms with Crippen LogP contribution in [0.1, 0.15) is 11.1 Å². The molecule has 0 unspecified atom stereocenters. The lowest BCUT2D eigenvalue weighted by Gasteiger charge is -2.05.